The van der Waals surface area contributed by atoms with Crippen molar-refractivity contribution in [3.8, 4) is 11.8 Å². The molecule has 0 aromatic heterocycles. The number of benzene rings is 2. The first-order chi connectivity index (χ1) is 15.0. The highest BCUT2D eigenvalue weighted by atomic mass is 16.2. The van der Waals surface area contributed by atoms with Crippen molar-refractivity contribution in [3.05, 3.63) is 59.7 Å². The molecule has 162 valence electrons. The maximum Gasteiger partial charge on any atom is 0.323 e. The van der Waals surface area contributed by atoms with Crippen LogP contribution in [0.1, 0.15) is 57.1 Å². The molecule has 0 atom stereocenters. The summed E-state index contributed by atoms with van der Waals surface area (Å²) < 4.78 is 0. The molecule has 0 saturated carbocycles. The Morgan fingerprint density at radius 3 is 2.10 bits per heavy atom. The minimum Gasteiger partial charge on any atom is -0.369 e. The van der Waals surface area contributed by atoms with Crippen molar-refractivity contribution in [3.63, 3.8) is 0 Å². The van der Waals surface area contributed by atoms with E-state index in [1.165, 1.54) is 19.3 Å². The molecule has 7 heteroatoms. The Labute approximate surface area is 184 Å². The van der Waals surface area contributed by atoms with E-state index in [2.05, 4.69) is 39.6 Å². The second kappa shape index (κ2) is 12.7. The lowest BCUT2D eigenvalue weighted by Gasteiger charge is -2.08. The number of nitrogens with one attached hydrogen (secondary N) is 2. The Kier molecular flexibility index (Phi) is 9.63. The first-order valence-electron chi connectivity index (χ1n) is 10.4. The number of unbranched alkanes of at least 4 members (excludes halogenated alkanes) is 4. The van der Waals surface area contributed by atoms with Crippen LogP contribution in [0.2, 0.25) is 0 Å². The van der Waals surface area contributed by atoms with E-state index in [9.17, 15) is 4.79 Å². The van der Waals surface area contributed by atoms with Crippen molar-refractivity contribution in [2.24, 2.45) is 21.7 Å². The minimum atomic E-state index is -0.326. The molecule has 0 bridgehead atoms. The summed E-state index contributed by atoms with van der Waals surface area (Å²) >= 11 is 0. The van der Waals surface area contributed by atoms with Gasteiger partial charge >= 0.3 is 6.03 Å². The Balaban J connectivity index is 1.85. The molecule has 0 unspecified atom stereocenters. The lowest BCUT2D eigenvalue weighted by molar-refractivity contribution is 0.262. The molecule has 0 heterocycles. The molecule has 7 nitrogen and oxygen atoms in total. The first-order valence-corrected chi connectivity index (χ1v) is 10.4. The summed E-state index contributed by atoms with van der Waals surface area (Å²) in [6.07, 6.45) is 5.79. The molecular formula is C24H30N6O. The topological polar surface area (TPSA) is 118 Å². The van der Waals surface area contributed by atoms with Gasteiger partial charge in [0.05, 0.1) is 5.71 Å². The molecule has 0 fully saturated rings. The molecule has 2 aromatic carbocycles. The number of carbonyl (C=O) groups is 1. The Bertz CT molecular complexity index is 962. The van der Waals surface area contributed by atoms with Crippen molar-refractivity contribution < 1.29 is 4.79 Å². The van der Waals surface area contributed by atoms with Crippen LogP contribution in [-0.4, -0.2) is 17.7 Å². The summed E-state index contributed by atoms with van der Waals surface area (Å²) in [7, 11) is 0. The van der Waals surface area contributed by atoms with Crippen molar-refractivity contribution in [2.45, 2.75) is 46.0 Å². The number of guanidine groups is 1. The predicted molar refractivity (Wildman–Crippen MR) is 129 cm³/mol. The molecule has 0 radical (unpaired) electrons. The fourth-order valence-corrected chi connectivity index (χ4v) is 2.72. The van der Waals surface area contributed by atoms with E-state index in [-0.39, 0.29) is 12.0 Å². The number of hydrogen-bond donors (Lipinski definition) is 4. The SMILES string of the molecule is CCCCCCC#Cc1ccc(NC(=O)Nc2ccc(/C(C)=N/N=C(N)N)cc2)cc1. The van der Waals surface area contributed by atoms with Gasteiger partial charge in [0, 0.05) is 23.4 Å². The molecule has 0 aliphatic rings. The van der Waals surface area contributed by atoms with Crippen molar-refractivity contribution >= 4 is 29.1 Å². The standard InChI is InChI=1S/C24H30N6O/c1-3-4-5-6-7-8-9-19-10-14-21(15-11-19)27-24(31)28-22-16-12-20(13-17-22)18(2)29-30-23(25)26/h10-17H,3-7H2,1-2H3,(H4,25,26,30)(H2,27,28,31)/b29-18+. The van der Waals surface area contributed by atoms with E-state index in [4.69, 9.17) is 11.5 Å². The highest BCUT2D eigenvalue weighted by Gasteiger charge is 2.04. The first kappa shape index (κ1) is 23.5. The van der Waals surface area contributed by atoms with Crippen LogP contribution in [0.15, 0.2) is 58.7 Å². The van der Waals surface area contributed by atoms with Gasteiger partial charge in [-0.3, -0.25) is 0 Å². The number of amides is 2. The molecule has 2 amide bonds. The van der Waals surface area contributed by atoms with Gasteiger partial charge in [-0.15, -0.1) is 5.10 Å². The van der Waals surface area contributed by atoms with Crippen LogP contribution in [0, 0.1) is 11.8 Å². The van der Waals surface area contributed by atoms with E-state index in [1.54, 1.807) is 19.1 Å². The number of anilines is 2. The maximum absolute atomic E-state index is 12.2. The van der Waals surface area contributed by atoms with E-state index in [1.807, 2.05) is 36.4 Å². The molecule has 0 aliphatic heterocycles. The zero-order valence-electron chi connectivity index (χ0n) is 18.1. The van der Waals surface area contributed by atoms with Crippen LogP contribution >= 0.6 is 0 Å². The lowest BCUT2D eigenvalue weighted by atomic mass is 10.1. The smallest absolute Gasteiger partial charge is 0.323 e. The van der Waals surface area contributed by atoms with Crippen LogP contribution in [0.5, 0.6) is 0 Å². The van der Waals surface area contributed by atoms with Crippen molar-refractivity contribution in [2.75, 3.05) is 10.6 Å². The minimum absolute atomic E-state index is 0.100. The van der Waals surface area contributed by atoms with E-state index >= 15 is 0 Å². The average Bonchev–Trinajstić information content (AvgIpc) is 2.76. The third-order valence-corrected chi connectivity index (χ3v) is 4.41. The molecule has 0 aliphatic carbocycles. The van der Waals surface area contributed by atoms with Gasteiger partial charge in [0.1, 0.15) is 0 Å². The molecule has 31 heavy (non-hydrogen) atoms. The molecule has 0 spiro atoms. The number of urea groups is 1. The summed E-state index contributed by atoms with van der Waals surface area (Å²) in [5, 5.41) is 13.2. The van der Waals surface area contributed by atoms with E-state index < -0.39 is 0 Å². The maximum atomic E-state index is 12.2. The molecule has 6 N–H and O–H groups in total. The van der Waals surface area contributed by atoms with Crippen LogP contribution < -0.4 is 22.1 Å². The van der Waals surface area contributed by atoms with Gasteiger partial charge in [-0.2, -0.15) is 5.10 Å². The summed E-state index contributed by atoms with van der Waals surface area (Å²) in [4.78, 5) is 12.2. The molecule has 2 rings (SSSR count). The summed E-state index contributed by atoms with van der Waals surface area (Å²) in [5.74, 6) is 6.26. The van der Waals surface area contributed by atoms with Gasteiger partial charge < -0.3 is 22.1 Å². The summed E-state index contributed by atoms with van der Waals surface area (Å²) in [5.41, 5.74) is 14.3. The highest BCUT2D eigenvalue weighted by molar-refractivity contribution is 6.01. The molecule has 0 saturated heterocycles. The number of carbonyl (C=O) groups excluding carboxylic acids is 1. The Morgan fingerprint density at radius 2 is 1.52 bits per heavy atom. The predicted octanol–water partition coefficient (Wildman–Crippen LogP) is 4.65. The summed E-state index contributed by atoms with van der Waals surface area (Å²) in [6.45, 7) is 3.99. The van der Waals surface area contributed by atoms with Crippen molar-refractivity contribution in [1.82, 2.24) is 0 Å². The third-order valence-electron chi connectivity index (χ3n) is 4.41. The number of rotatable bonds is 8. The fourth-order valence-electron chi connectivity index (χ4n) is 2.72. The number of nitrogens with two attached hydrogens (primary N) is 2. The second-order valence-electron chi connectivity index (χ2n) is 7.06. The van der Waals surface area contributed by atoms with Gasteiger partial charge in [0.2, 0.25) is 5.96 Å². The largest absolute Gasteiger partial charge is 0.369 e. The second-order valence-corrected chi connectivity index (χ2v) is 7.06. The fraction of sp³-hybridized carbons (Fsp3) is 0.292. The lowest BCUT2D eigenvalue weighted by Crippen LogP contribution is -2.22. The monoisotopic (exact) mass is 418 g/mol. The average molecular weight is 419 g/mol. The van der Waals surface area contributed by atoms with Gasteiger partial charge in [-0.05, 0) is 55.3 Å². The Hall–Kier alpha value is -3.79. The summed E-state index contributed by atoms with van der Waals surface area (Å²) in [6, 6.07) is 14.4. The van der Waals surface area contributed by atoms with Crippen LogP contribution in [0.4, 0.5) is 16.2 Å². The van der Waals surface area contributed by atoms with Gasteiger partial charge in [0.25, 0.3) is 0 Å². The van der Waals surface area contributed by atoms with Gasteiger partial charge in [-0.1, -0.05) is 50.2 Å². The van der Waals surface area contributed by atoms with Gasteiger partial charge in [-0.25, -0.2) is 4.79 Å². The van der Waals surface area contributed by atoms with Crippen LogP contribution in [0.25, 0.3) is 0 Å². The zero-order chi connectivity index (χ0) is 22.5. The number of hydrogen-bond acceptors (Lipinski definition) is 3. The highest BCUT2D eigenvalue weighted by Crippen LogP contribution is 2.13. The number of nitrogens with zero attached hydrogens (tertiary/aromatic N) is 2. The molecule has 2 aromatic rings. The normalized spacial score (nSPS) is 10.6. The van der Waals surface area contributed by atoms with Crippen LogP contribution in [-0.2, 0) is 0 Å². The molecular weight excluding hydrogens is 388 g/mol. The van der Waals surface area contributed by atoms with Gasteiger partial charge in [0.15, 0.2) is 0 Å². The van der Waals surface area contributed by atoms with E-state index in [0.717, 1.165) is 24.0 Å². The Morgan fingerprint density at radius 1 is 0.903 bits per heavy atom. The zero-order valence-corrected chi connectivity index (χ0v) is 18.1. The van der Waals surface area contributed by atoms with Crippen LogP contribution in [0.3, 0.4) is 0 Å². The quantitative estimate of drug-likeness (QED) is 0.164. The van der Waals surface area contributed by atoms with Crippen molar-refractivity contribution in [1.29, 1.82) is 0 Å². The third kappa shape index (κ3) is 9.05. The van der Waals surface area contributed by atoms with E-state index in [0.29, 0.717) is 17.1 Å².